The number of nitrogens with zero attached hydrogens (tertiary/aromatic N) is 2. The highest BCUT2D eigenvalue weighted by Gasteiger charge is 1.95. The van der Waals surface area contributed by atoms with Crippen LogP contribution < -0.4 is 0 Å². The van der Waals surface area contributed by atoms with Crippen LogP contribution in [0.1, 0.15) is 0 Å². The SMILES string of the molecule is Cn1nc(I)cc1Br. The molecule has 1 aromatic heterocycles. The Morgan fingerprint density at radius 1 is 1.88 bits per heavy atom. The molecule has 0 amide bonds. The summed E-state index contributed by atoms with van der Waals surface area (Å²) in [5.41, 5.74) is 0. The number of hydrogen-bond donors (Lipinski definition) is 0. The van der Waals surface area contributed by atoms with Crippen molar-refractivity contribution >= 4 is 38.5 Å². The lowest BCUT2D eigenvalue weighted by atomic mass is 10.8. The van der Waals surface area contributed by atoms with E-state index in [2.05, 4.69) is 43.6 Å². The predicted molar refractivity (Wildman–Crippen MR) is 43.6 cm³/mol. The lowest BCUT2D eigenvalue weighted by molar-refractivity contribution is 0.742. The maximum atomic E-state index is 4.07. The molecule has 0 atom stereocenters. The van der Waals surface area contributed by atoms with Crippen molar-refractivity contribution in [1.82, 2.24) is 9.78 Å². The minimum atomic E-state index is 1.01. The highest BCUT2D eigenvalue weighted by atomic mass is 127. The van der Waals surface area contributed by atoms with Crippen molar-refractivity contribution in [3.63, 3.8) is 0 Å². The van der Waals surface area contributed by atoms with Crippen LogP contribution in [0.3, 0.4) is 0 Å². The van der Waals surface area contributed by atoms with E-state index >= 15 is 0 Å². The molecule has 0 N–H and O–H groups in total. The monoisotopic (exact) mass is 286 g/mol. The molecule has 1 rings (SSSR count). The number of aryl methyl sites for hydroxylation is 1. The zero-order valence-electron chi connectivity index (χ0n) is 4.23. The highest BCUT2D eigenvalue weighted by molar-refractivity contribution is 14.1. The fourth-order valence-electron chi connectivity index (χ4n) is 0.412. The van der Waals surface area contributed by atoms with Crippen LogP contribution in [0, 0.1) is 3.70 Å². The summed E-state index contributed by atoms with van der Waals surface area (Å²) in [6.07, 6.45) is 0. The van der Waals surface area contributed by atoms with Crippen LogP contribution in [-0.4, -0.2) is 9.78 Å². The number of rotatable bonds is 0. The highest BCUT2D eigenvalue weighted by Crippen LogP contribution is 2.10. The Kier molecular flexibility index (Phi) is 1.92. The summed E-state index contributed by atoms with van der Waals surface area (Å²) in [6, 6.07) is 1.96. The van der Waals surface area contributed by atoms with Crippen molar-refractivity contribution < 1.29 is 0 Å². The molecule has 1 aromatic rings. The first kappa shape index (κ1) is 6.54. The van der Waals surface area contributed by atoms with Crippen LogP contribution >= 0.6 is 38.5 Å². The summed E-state index contributed by atoms with van der Waals surface area (Å²) >= 11 is 5.48. The number of hydrogen-bond acceptors (Lipinski definition) is 1. The maximum absolute atomic E-state index is 4.07. The van der Waals surface area contributed by atoms with Gasteiger partial charge in [0.2, 0.25) is 0 Å². The summed E-state index contributed by atoms with van der Waals surface area (Å²) < 4.78 is 3.81. The van der Waals surface area contributed by atoms with Crippen molar-refractivity contribution in [2.45, 2.75) is 0 Å². The van der Waals surface area contributed by atoms with Gasteiger partial charge in [0.15, 0.2) is 0 Å². The van der Waals surface area contributed by atoms with Gasteiger partial charge in [-0.3, -0.25) is 4.68 Å². The van der Waals surface area contributed by atoms with Crippen LogP contribution in [0.5, 0.6) is 0 Å². The van der Waals surface area contributed by atoms with Gasteiger partial charge >= 0.3 is 0 Å². The first-order chi connectivity index (χ1) is 3.70. The van der Waals surface area contributed by atoms with Crippen LogP contribution in [0.2, 0.25) is 0 Å². The molecule has 4 heteroatoms. The van der Waals surface area contributed by atoms with Crippen molar-refractivity contribution in [1.29, 1.82) is 0 Å². The van der Waals surface area contributed by atoms with Crippen LogP contribution in [0.25, 0.3) is 0 Å². The van der Waals surface area contributed by atoms with Gasteiger partial charge in [0.05, 0.1) is 0 Å². The normalized spacial score (nSPS) is 9.88. The second-order valence-electron chi connectivity index (χ2n) is 1.41. The lowest BCUT2D eigenvalue weighted by Gasteiger charge is -1.85. The molecular weight excluding hydrogens is 283 g/mol. The fourth-order valence-corrected chi connectivity index (χ4v) is 1.75. The van der Waals surface area contributed by atoms with Gasteiger partial charge in [-0.2, -0.15) is 5.10 Å². The van der Waals surface area contributed by atoms with Gasteiger partial charge < -0.3 is 0 Å². The largest absolute Gasteiger partial charge is 0.260 e. The molecule has 0 aliphatic heterocycles. The van der Waals surface area contributed by atoms with Gasteiger partial charge in [0, 0.05) is 13.1 Å². The van der Waals surface area contributed by atoms with E-state index in [-0.39, 0.29) is 0 Å². The second-order valence-corrected chi connectivity index (χ2v) is 3.33. The first-order valence-corrected chi connectivity index (χ1v) is 3.92. The third-order valence-corrected chi connectivity index (χ3v) is 2.06. The van der Waals surface area contributed by atoms with Crippen molar-refractivity contribution in [2.75, 3.05) is 0 Å². The van der Waals surface area contributed by atoms with Gasteiger partial charge in [-0.15, -0.1) is 0 Å². The van der Waals surface area contributed by atoms with Gasteiger partial charge in [0.25, 0.3) is 0 Å². The zero-order chi connectivity index (χ0) is 6.15. The van der Waals surface area contributed by atoms with Gasteiger partial charge in [-0.25, -0.2) is 0 Å². The smallest absolute Gasteiger partial charge is 0.124 e. The molecule has 0 spiro atoms. The molecule has 0 aromatic carbocycles. The van der Waals surface area contributed by atoms with E-state index in [0.717, 1.165) is 8.30 Å². The molecule has 0 saturated carbocycles. The fraction of sp³-hybridized carbons (Fsp3) is 0.250. The van der Waals surface area contributed by atoms with Crippen LogP contribution in [0.4, 0.5) is 0 Å². The summed E-state index contributed by atoms with van der Waals surface area (Å²) in [4.78, 5) is 0. The Hall–Kier alpha value is 0.420. The average Bonchev–Trinajstić information content (AvgIpc) is 1.85. The van der Waals surface area contributed by atoms with Gasteiger partial charge in [-0.05, 0) is 38.5 Å². The number of aromatic nitrogens is 2. The second kappa shape index (κ2) is 2.34. The molecule has 0 aliphatic carbocycles. The molecule has 44 valence electrons. The Labute approximate surface area is 69.5 Å². The lowest BCUT2D eigenvalue weighted by Crippen LogP contribution is -1.88. The average molecular weight is 287 g/mol. The van der Waals surface area contributed by atoms with Crippen molar-refractivity contribution in [3.05, 3.63) is 14.4 Å². The summed E-state index contributed by atoms with van der Waals surface area (Å²) in [5, 5.41) is 4.07. The molecule has 2 nitrogen and oxygen atoms in total. The zero-order valence-corrected chi connectivity index (χ0v) is 7.97. The van der Waals surface area contributed by atoms with Crippen molar-refractivity contribution in [3.8, 4) is 0 Å². The maximum Gasteiger partial charge on any atom is 0.124 e. The summed E-state index contributed by atoms with van der Waals surface area (Å²) in [7, 11) is 1.90. The predicted octanol–water partition coefficient (Wildman–Crippen LogP) is 1.79. The van der Waals surface area contributed by atoms with Gasteiger partial charge in [-0.1, -0.05) is 0 Å². The molecule has 0 fully saturated rings. The van der Waals surface area contributed by atoms with Crippen LogP contribution in [0.15, 0.2) is 10.7 Å². The molecule has 0 radical (unpaired) electrons. The topological polar surface area (TPSA) is 17.8 Å². The third-order valence-electron chi connectivity index (χ3n) is 0.793. The Morgan fingerprint density at radius 2 is 2.50 bits per heavy atom. The Morgan fingerprint density at radius 3 is 2.62 bits per heavy atom. The molecule has 0 saturated heterocycles. The Balaban J connectivity index is 3.14. The molecule has 0 unspecified atom stereocenters. The van der Waals surface area contributed by atoms with E-state index in [1.165, 1.54) is 0 Å². The molecule has 8 heavy (non-hydrogen) atoms. The molecule has 0 aliphatic rings. The standard InChI is InChI=1S/C4H4BrIN2/c1-8-3(5)2-4(6)7-8/h2H,1H3. The van der Waals surface area contributed by atoms with E-state index in [1.807, 2.05) is 13.1 Å². The van der Waals surface area contributed by atoms with E-state index in [1.54, 1.807) is 4.68 Å². The molecule has 0 bridgehead atoms. The quantitative estimate of drug-likeness (QED) is 0.665. The van der Waals surface area contributed by atoms with E-state index < -0.39 is 0 Å². The van der Waals surface area contributed by atoms with Crippen molar-refractivity contribution in [2.24, 2.45) is 7.05 Å². The summed E-state index contributed by atoms with van der Waals surface area (Å²) in [5.74, 6) is 0. The molecule has 1 heterocycles. The first-order valence-electron chi connectivity index (χ1n) is 2.05. The van der Waals surface area contributed by atoms with Crippen LogP contribution in [-0.2, 0) is 7.05 Å². The van der Waals surface area contributed by atoms with E-state index in [9.17, 15) is 0 Å². The summed E-state index contributed by atoms with van der Waals surface area (Å²) in [6.45, 7) is 0. The third kappa shape index (κ3) is 1.22. The minimum Gasteiger partial charge on any atom is -0.260 e. The van der Waals surface area contributed by atoms with E-state index in [4.69, 9.17) is 0 Å². The molecular formula is C4H4BrIN2. The van der Waals surface area contributed by atoms with Gasteiger partial charge in [0.1, 0.15) is 8.30 Å². The Bertz CT molecular complexity index is 176. The van der Waals surface area contributed by atoms with E-state index in [0.29, 0.717) is 0 Å². The number of halogens is 2. The minimum absolute atomic E-state index is 1.01.